The van der Waals surface area contributed by atoms with Crippen LogP contribution in [-0.4, -0.2) is 47.7 Å². The summed E-state index contributed by atoms with van der Waals surface area (Å²) in [5.41, 5.74) is -2.09. The first-order valence-corrected chi connectivity index (χ1v) is 9.07. The summed E-state index contributed by atoms with van der Waals surface area (Å²) in [6.07, 6.45) is 1.40. The lowest BCUT2D eigenvalue weighted by atomic mass is 10.1. The van der Waals surface area contributed by atoms with Crippen molar-refractivity contribution >= 4 is 25.7 Å². The minimum absolute atomic E-state index is 0.00451. The molecule has 0 bridgehead atoms. The highest BCUT2D eigenvalue weighted by atomic mass is 32.2. The molecule has 0 amide bonds. The van der Waals surface area contributed by atoms with Crippen LogP contribution in [0.3, 0.4) is 0 Å². The maximum atomic E-state index is 12.1. The van der Waals surface area contributed by atoms with Crippen LogP contribution in [0.25, 0.3) is 0 Å². The zero-order chi connectivity index (χ0) is 15.6. The summed E-state index contributed by atoms with van der Waals surface area (Å²) in [5, 5.41) is 0. The van der Waals surface area contributed by atoms with Crippen molar-refractivity contribution in [1.29, 1.82) is 0 Å². The number of carbonyl (C=O) groups excluding carboxylic acids is 1. The molecule has 1 atom stereocenters. The lowest BCUT2D eigenvalue weighted by molar-refractivity contribution is 0.0889. The quantitative estimate of drug-likeness (QED) is 0.545. The van der Waals surface area contributed by atoms with Gasteiger partial charge in [-0.1, -0.05) is 0 Å². The van der Waals surface area contributed by atoms with Gasteiger partial charge in [-0.3, -0.25) is 4.79 Å². The van der Waals surface area contributed by atoms with Crippen molar-refractivity contribution < 1.29 is 30.6 Å². The van der Waals surface area contributed by atoms with Crippen LogP contribution in [0.5, 0.6) is 5.75 Å². The first-order chi connectivity index (χ1) is 9.04. The lowest BCUT2D eigenvalue weighted by Gasteiger charge is -2.13. The number of ketones is 1. The van der Waals surface area contributed by atoms with Gasteiger partial charge < -0.3 is 4.74 Å². The fourth-order valence-corrected chi connectivity index (χ4v) is 3.29. The average molecular weight is 322 g/mol. The SMILES string of the molecule is COc1ccc(C(=O)C(OS(C)(=O)=O)S(C)(=O)=O)cc1. The summed E-state index contributed by atoms with van der Waals surface area (Å²) >= 11 is 0. The van der Waals surface area contributed by atoms with Gasteiger partial charge in [0.15, 0.2) is 9.84 Å². The van der Waals surface area contributed by atoms with Crippen molar-refractivity contribution in [3.8, 4) is 5.75 Å². The minimum Gasteiger partial charge on any atom is -0.497 e. The maximum Gasteiger partial charge on any atom is 0.266 e. The summed E-state index contributed by atoms with van der Waals surface area (Å²) in [6.45, 7) is 0. The number of methoxy groups -OCH3 is 1. The first kappa shape index (κ1) is 16.6. The van der Waals surface area contributed by atoms with Gasteiger partial charge in [0.1, 0.15) is 5.75 Å². The van der Waals surface area contributed by atoms with Gasteiger partial charge in [-0.2, -0.15) is 8.42 Å². The third-order valence-electron chi connectivity index (χ3n) is 2.24. The molecule has 7 nitrogen and oxygen atoms in total. The zero-order valence-corrected chi connectivity index (χ0v) is 12.7. The Hall–Kier alpha value is -1.45. The number of Topliss-reactive ketones (excluding diaryl/α,β-unsaturated/α-hetero) is 1. The molecule has 1 aromatic carbocycles. The molecule has 20 heavy (non-hydrogen) atoms. The second kappa shape index (κ2) is 5.90. The van der Waals surface area contributed by atoms with Crippen molar-refractivity contribution in [2.75, 3.05) is 19.6 Å². The highest BCUT2D eigenvalue weighted by Crippen LogP contribution is 2.17. The molecular weight excluding hydrogens is 308 g/mol. The molecule has 0 radical (unpaired) electrons. The monoisotopic (exact) mass is 322 g/mol. The van der Waals surface area contributed by atoms with E-state index in [9.17, 15) is 21.6 Å². The number of benzene rings is 1. The molecule has 0 aliphatic heterocycles. The third kappa shape index (κ3) is 4.58. The van der Waals surface area contributed by atoms with Gasteiger partial charge in [-0.25, -0.2) is 12.6 Å². The van der Waals surface area contributed by atoms with Crippen LogP contribution in [0.4, 0.5) is 0 Å². The Morgan fingerprint density at radius 2 is 1.55 bits per heavy atom. The minimum atomic E-state index is -4.10. The molecule has 112 valence electrons. The lowest BCUT2D eigenvalue weighted by Crippen LogP contribution is -2.34. The van der Waals surface area contributed by atoms with Crippen molar-refractivity contribution in [2.24, 2.45) is 0 Å². The summed E-state index contributed by atoms with van der Waals surface area (Å²) in [6, 6.07) is 5.55. The van der Waals surface area contributed by atoms with Gasteiger partial charge in [0.05, 0.1) is 13.4 Å². The molecule has 0 aliphatic rings. The predicted octanol–water partition coefficient (Wildman–Crippen LogP) is 0.225. The van der Waals surface area contributed by atoms with E-state index in [0.29, 0.717) is 12.0 Å². The summed E-state index contributed by atoms with van der Waals surface area (Å²) in [4.78, 5) is 12.1. The van der Waals surface area contributed by atoms with Crippen molar-refractivity contribution in [3.63, 3.8) is 0 Å². The molecule has 0 saturated heterocycles. The van der Waals surface area contributed by atoms with E-state index in [0.717, 1.165) is 6.26 Å². The van der Waals surface area contributed by atoms with Crippen LogP contribution in [-0.2, 0) is 24.1 Å². The van der Waals surface area contributed by atoms with Crippen molar-refractivity contribution in [3.05, 3.63) is 29.8 Å². The van der Waals surface area contributed by atoms with E-state index in [1.54, 1.807) is 0 Å². The van der Waals surface area contributed by atoms with E-state index in [2.05, 4.69) is 4.18 Å². The molecule has 1 unspecified atom stereocenters. The highest BCUT2D eigenvalue weighted by molar-refractivity contribution is 7.93. The number of hydrogen-bond donors (Lipinski definition) is 0. The van der Waals surface area contributed by atoms with Crippen LogP contribution in [0.1, 0.15) is 10.4 Å². The van der Waals surface area contributed by atoms with E-state index in [4.69, 9.17) is 4.74 Å². The molecule has 0 saturated carbocycles. The van der Waals surface area contributed by atoms with Gasteiger partial charge in [-0.05, 0) is 24.3 Å². The molecule has 0 spiro atoms. The summed E-state index contributed by atoms with van der Waals surface area (Å²) in [7, 11) is -6.71. The van der Waals surface area contributed by atoms with E-state index in [1.165, 1.54) is 31.4 Å². The molecule has 9 heteroatoms. The van der Waals surface area contributed by atoms with Crippen LogP contribution in [0.2, 0.25) is 0 Å². The number of rotatable bonds is 6. The van der Waals surface area contributed by atoms with Crippen LogP contribution >= 0.6 is 0 Å². The fraction of sp³-hybridized carbons (Fsp3) is 0.364. The normalized spacial score (nSPS) is 13.8. The van der Waals surface area contributed by atoms with Gasteiger partial charge in [0, 0.05) is 11.8 Å². The first-order valence-electron chi connectivity index (χ1n) is 5.30. The van der Waals surface area contributed by atoms with E-state index in [1.807, 2.05) is 0 Å². The summed E-state index contributed by atoms with van der Waals surface area (Å²) in [5.74, 6) is -0.484. The summed E-state index contributed by atoms with van der Waals surface area (Å²) < 4.78 is 54.4. The molecule has 0 heterocycles. The Balaban J connectivity index is 3.17. The highest BCUT2D eigenvalue weighted by Gasteiger charge is 2.34. The van der Waals surface area contributed by atoms with E-state index in [-0.39, 0.29) is 5.56 Å². The van der Waals surface area contributed by atoms with Crippen LogP contribution < -0.4 is 4.74 Å². The van der Waals surface area contributed by atoms with Crippen LogP contribution in [0.15, 0.2) is 24.3 Å². The van der Waals surface area contributed by atoms with Gasteiger partial charge >= 0.3 is 0 Å². The molecular formula is C11H14O7S2. The van der Waals surface area contributed by atoms with Crippen LogP contribution in [0, 0.1) is 0 Å². The smallest absolute Gasteiger partial charge is 0.266 e. The molecule has 0 N–H and O–H groups in total. The second-order valence-corrected chi connectivity index (χ2v) is 7.74. The number of ether oxygens (including phenoxy) is 1. The van der Waals surface area contributed by atoms with Gasteiger partial charge in [0.2, 0.25) is 11.2 Å². The fourth-order valence-electron chi connectivity index (χ4n) is 1.36. The second-order valence-electron chi connectivity index (χ2n) is 4.05. The molecule has 1 rings (SSSR count). The topological polar surface area (TPSA) is 104 Å². The van der Waals surface area contributed by atoms with Gasteiger partial charge in [-0.15, -0.1) is 0 Å². The van der Waals surface area contributed by atoms with Gasteiger partial charge in [0.25, 0.3) is 10.1 Å². The number of hydrogen-bond acceptors (Lipinski definition) is 7. The standard InChI is InChI=1S/C11H14O7S2/c1-17-9-6-4-8(5-7-9)10(12)11(19(2,13)14)18-20(3,15)16/h4-7,11H,1-3H3. The Morgan fingerprint density at radius 1 is 1.05 bits per heavy atom. The largest absolute Gasteiger partial charge is 0.497 e. The zero-order valence-electron chi connectivity index (χ0n) is 11.1. The van der Waals surface area contributed by atoms with Crippen molar-refractivity contribution in [2.45, 2.75) is 5.44 Å². The molecule has 1 aromatic rings. The maximum absolute atomic E-state index is 12.1. The predicted molar refractivity (Wildman–Crippen MR) is 71.9 cm³/mol. The van der Waals surface area contributed by atoms with E-state index < -0.39 is 31.2 Å². The Labute approximate surface area is 117 Å². The number of carbonyl (C=O) groups is 1. The Kier molecular flexibility index (Phi) is 4.90. The Morgan fingerprint density at radius 3 is 1.90 bits per heavy atom. The molecule has 0 aliphatic carbocycles. The number of sulfone groups is 1. The van der Waals surface area contributed by atoms with E-state index >= 15 is 0 Å². The molecule has 0 aromatic heterocycles. The molecule has 0 fully saturated rings. The Bertz CT molecular complexity index is 687. The average Bonchev–Trinajstić information content (AvgIpc) is 2.33. The third-order valence-corrected chi connectivity index (χ3v) is 3.99. The van der Waals surface area contributed by atoms with Crippen molar-refractivity contribution in [1.82, 2.24) is 0 Å².